The van der Waals surface area contributed by atoms with Crippen molar-refractivity contribution in [1.82, 2.24) is 14.5 Å². The number of nitrogens with zero attached hydrogens (tertiary/aromatic N) is 4. The number of pyridine rings is 2. The summed E-state index contributed by atoms with van der Waals surface area (Å²) in [5.41, 5.74) is 3.79. The summed E-state index contributed by atoms with van der Waals surface area (Å²) in [6.07, 6.45) is -1.85. The zero-order valence-corrected chi connectivity index (χ0v) is 27.8. The molecule has 1 saturated heterocycles. The standard InChI is InChI=1S/C39H37F3N4O3/c1-24-10-11-27(17-34(24)35-21-29-23-43-25(2)16-36(29)46(38(35)49)32-8-6-5-7-9-32)18-37(48)28-19-30(39(40,41)42)22-33(20-28)45-14-12-31(13-15-45)44(4)26(3)47/h5-11,16-17,19-23,31H,12-15,18H2,1-4H3. The summed E-state index contributed by atoms with van der Waals surface area (Å²) in [6.45, 7) is 6.15. The van der Waals surface area contributed by atoms with Crippen molar-refractivity contribution in [2.75, 3.05) is 25.0 Å². The second-order valence-corrected chi connectivity index (χ2v) is 12.8. The first-order valence-corrected chi connectivity index (χ1v) is 16.2. The second-order valence-electron chi connectivity index (χ2n) is 12.8. The van der Waals surface area contributed by atoms with Gasteiger partial charge in [-0.2, -0.15) is 13.2 Å². The van der Waals surface area contributed by atoms with Crippen LogP contribution in [0.25, 0.3) is 27.7 Å². The van der Waals surface area contributed by atoms with Gasteiger partial charge in [-0.05, 0) is 85.8 Å². The van der Waals surface area contributed by atoms with E-state index < -0.39 is 17.5 Å². The van der Waals surface area contributed by atoms with Crippen LogP contribution in [0.15, 0.2) is 89.9 Å². The molecule has 1 aliphatic rings. The SMILES string of the molecule is CC(=O)N(C)C1CCN(c2cc(C(=O)Cc3ccc(C)c(-c4cc5cnc(C)cc5n(-c5ccccc5)c4=O)c3)cc(C(F)(F)F)c2)CC1. The summed E-state index contributed by atoms with van der Waals surface area (Å²) in [6, 6.07) is 21.9. The van der Waals surface area contributed by atoms with Crippen LogP contribution in [-0.4, -0.2) is 52.3 Å². The van der Waals surface area contributed by atoms with Crippen LogP contribution in [0.5, 0.6) is 0 Å². The van der Waals surface area contributed by atoms with Gasteiger partial charge >= 0.3 is 6.18 Å². The fourth-order valence-electron chi connectivity index (χ4n) is 6.58. The Kier molecular flexibility index (Phi) is 9.16. The van der Waals surface area contributed by atoms with Crippen LogP contribution < -0.4 is 10.5 Å². The lowest BCUT2D eigenvalue weighted by atomic mass is 9.94. The van der Waals surface area contributed by atoms with Gasteiger partial charge in [0.15, 0.2) is 5.78 Å². The molecule has 7 nitrogen and oxygen atoms in total. The number of aryl methyl sites for hydroxylation is 2. The normalized spacial score (nSPS) is 13.9. The predicted octanol–water partition coefficient (Wildman–Crippen LogP) is 7.56. The van der Waals surface area contributed by atoms with Gasteiger partial charge in [-0.3, -0.25) is 23.9 Å². The van der Waals surface area contributed by atoms with Crippen molar-refractivity contribution in [2.24, 2.45) is 0 Å². The number of hydrogen-bond acceptors (Lipinski definition) is 5. The number of aromatic nitrogens is 2. The number of amides is 1. The van der Waals surface area contributed by atoms with Crippen LogP contribution in [0, 0.1) is 13.8 Å². The molecule has 0 atom stereocenters. The molecule has 1 aliphatic heterocycles. The third-order valence-electron chi connectivity index (χ3n) is 9.44. The van der Waals surface area contributed by atoms with Gasteiger partial charge in [-0.15, -0.1) is 0 Å². The van der Waals surface area contributed by atoms with Gasteiger partial charge in [0.1, 0.15) is 0 Å². The second kappa shape index (κ2) is 13.3. The van der Waals surface area contributed by atoms with Crippen molar-refractivity contribution in [3.05, 3.63) is 123 Å². The zero-order valence-electron chi connectivity index (χ0n) is 27.8. The van der Waals surface area contributed by atoms with Crippen LogP contribution in [0.2, 0.25) is 0 Å². The maximum Gasteiger partial charge on any atom is 0.416 e. The molecule has 0 saturated carbocycles. The first-order valence-electron chi connectivity index (χ1n) is 16.2. The highest BCUT2D eigenvalue weighted by atomic mass is 19.4. The van der Waals surface area contributed by atoms with Gasteiger partial charge in [-0.25, -0.2) is 0 Å². The van der Waals surface area contributed by atoms with Crippen LogP contribution in [0.4, 0.5) is 18.9 Å². The number of fused-ring (bicyclic) bond motifs is 1. The lowest BCUT2D eigenvalue weighted by molar-refractivity contribution is -0.137. The van der Waals surface area contributed by atoms with Crippen LogP contribution in [0.3, 0.4) is 0 Å². The minimum absolute atomic E-state index is 0.0103. The molecule has 0 unspecified atom stereocenters. The van der Waals surface area contributed by atoms with E-state index in [-0.39, 0.29) is 29.5 Å². The smallest absolute Gasteiger partial charge is 0.371 e. The fraction of sp³-hybridized carbons (Fsp3) is 0.282. The summed E-state index contributed by atoms with van der Waals surface area (Å²) >= 11 is 0. The average Bonchev–Trinajstić information content (AvgIpc) is 3.08. The van der Waals surface area contributed by atoms with E-state index in [1.165, 1.54) is 13.0 Å². The maximum absolute atomic E-state index is 14.2. The van der Waals surface area contributed by atoms with E-state index in [0.29, 0.717) is 59.5 Å². The quantitative estimate of drug-likeness (QED) is 0.168. The fourth-order valence-corrected chi connectivity index (χ4v) is 6.58. The van der Waals surface area contributed by atoms with Crippen molar-refractivity contribution < 1.29 is 22.8 Å². The molecule has 5 aromatic rings. The Labute approximate surface area is 282 Å². The van der Waals surface area contributed by atoms with Crippen LogP contribution >= 0.6 is 0 Å². The average molecular weight is 667 g/mol. The summed E-state index contributed by atoms with van der Waals surface area (Å²) in [4.78, 5) is 47.6. The number of anilines is 1. The molecular weight excluding hydrogens is 629 g/mol. The number of para-hydroxylation sites is 1. The molecular formula is C39H37F3N4O3. The predicted molar refractivity (Wildman–Crippen MR) is 185 cm³/mol. The number of ketones is 1. The highest BCUT2D eigenvalue weighted by Gasteiger charge is 2.33. The van der Waals surface area contributed by atoms with E-state index >= 15 is 0 Å². The number of carbonyl (C=O) groups excluding carboxylic acids is 2. The van der Waals surface area contributed by atoms with E-state index in [2.05, 4.69) is 4.98 Å². The monoisotopic (exact) mass is 666 g/mol. The highest BCUT2D eigenvalue weighted by Crippen LogP contribution is 2.35. The molecule has 1 amide bonds. The summed E-state index contributed by atoms with van der Waals surface area (Å²) in [5.74, 6) is -0.521. The molecule has 0 radical (unpaired) electrons. The van der Waals surface area contributed by atoms with Gasteiger partial charge in [0, 0.05) is 79.3 Å². The lowest BCUT2D eigenvalue weighted by Gasteiger charge is -2.37. The first kappa shape index (κ1) is 33.6. The molecule has 10 heteroatoms. The highest BCUT2D eigenvalue weighted by molar-refractivity contribution is 5.99. The number of carbonyl (C=O) groups is 2. The molecule has 0 bridgehead atoms. The summed E-state index contributed by atoms with van der Waals surface area (Å²) in [5, 5.41) is 0.762. The third kappa shape index (κ3) is 6.99. The topological polar surface area (TPSA) is 75.5 Å². The molecule has 3 aromatic carbocycles. The molecule has 49 heavy (non-hydrogen) atoms. The number of alkyl halides is 3. The Morgan fingerprint density at radius 2 is 1.61 bits per heavy atom. The molecule has 1 fully saturated rings. The van der Waals surface area contributed by atoms with Crippen LogP contribution in [0.1, 0.15) is 52.5 Å². The molecule has 0 spiro atoms. The van der Waals surface area contributed by atoms with Gasteiger partial charge in [0.05, 0.1) is 11.1 Å². The van der Waals surface area contributed by atoms with E-state index in [1.807, 2.05) is 61.2 Å². The Balaban J connectivity index is 1.34. The van der Waals surface area contributed by atoms with Gasteiger partial charge in [-0.1, -0.05) is 36.4 Å². The Morgan fingerprint density at radius 3 is 2.29 bits per heavy atom. The van der Waals surface area contributed by atoms with E-state index in [1.54, 1.807) is 40.9 Å². The molecule has 2 aromatic heterocycles. The number of benzene rings is 3. The lowest BCUT2D eigenvalue weighted by Crippen LogP contribution is -2.45. The molecule has 0 aliphatic carbocycles. The minimum atomic E-state index is -4.64. The van der Waals surface area contributed by atoms with Gasteiger partial charge in [0.2, 0.25) is 5.91 Å². The van der Waals surface area contributed by atoms with Crippen molar-refractivity contribution in [1.29, 1.82) is 0 Å². The van der Waals surface area contributed by atoms with E-state index in [4.69, 9.17) is 0 Å². The molecule has 3 heterocycles. The molecule has 0 N–H and O–H groups in total. The number of hydrogen-bond donors (Lipinski definition) is 0. The van der Waals surface area contributed by atoms with E-state index in [0.717, 1.165) is 28.8 Å². The van der Waals surface area contributed by atoms with E-state index in [9.17, 15) is 27.6 Å². The minimum Gasteiger partial charge on any atom is -0.371 e. The molecule has 6 rings (SSSR count). The zero-order chi connectivity index (χ0) is 35.0. The Morgan fingerprint density at radius 1 is 0.898 bits per heavy atom. The number of Topliss-reactive ketones (excluding diaryl/α,β-unsaturated/α-hetero) is 1. The van der Waals surface area contributed by atoms with Crippen molar-refractivity contribution in [3.8, 4) is 16.8 Å². The summed E-state index contributed by atoms with van der Waals surface area (Å²) < 4.78 is 43.8. The summed E-state index contributed by atoms with van der Waals surface area (Å²) in [7, 11) is 1.73. The Bertz CT molecular complexity index is 2120. The van der Waals surface area contributed by atoms with Crippen molar-refractivity contribution >= 4 is 28.3 Å². The molecule has 252 valence electrons. The third-order valence-corrected chi connectivity index (χ3v) is 9.44. The Hall–Kier alpha value is -5.25. The number of piperidine rings is 1. The number of rotatable bonds is 7. The van der Waals surface area contributed by atoms with Crippen molar-refractivity contribution in [3.63, 3.8) is 0 Å². The van der Waals surface area contributed by atoms with Gasteiger partial charge < -0.3 is 9.80 Å². The largest absolute Gasteiger partial charge is 0.416 e. The first-order chi connectivity index (χ1) is 23.3. The van der Waals surface area contributed by atoms with Gasteiger partial charge in [0.25, 0.3) is 5.56 Å². The maximum atomic E-state index is 14.2. The van der Waals surface area contributed by atoms with Crippen molar-refractivity contribution in [2.45, 2.75) is 52.3 Å². The number of halogens is 3. The van der Waals surface area contributed by atoms with Crippen LogP contribution in [-0.2, 0) is 17.4 Å².